The lowest BCUT2D eigenvalue weighted by molar-refractivity contribution is -0.114. The van der Waals surface area contributed by atoms with Gasteiger partial charge in [0.15, 0.2) is 0 Å². The van der Waals surface area contributed by atoms with E-state index in [1.807, 2.05) is 0 Å². The van der Waals surface area contributed by atoms with Crippen molar-refractivity contribution < 1.29 is 19.1 Å². The highest BCUT2D eigenvalue weighted by molar-refractivity contribution is 6.01. The van der Waals surface area contributed by atoms with E-state index in [1.165, 1.54) is 20.1 Å². The molecule has 0 aliphatic rings. The van der Waals surface area contributed by atoms with E-state index in [2.05, 4.69) is 20.7 Å². The molecule has 3 N–H and O–H groups in total. The zero-order valence-electron chi connectivity index (χ0n) is 13.3. The standard InChI is InChI=1S/C17H17N3O4/c1-11(21)18-14-7-4-8-15(10-14)20-17(23)19-13-6-3-5-12(9-13)16(22)24-2/h3-10H,1-2H3,(H,18,21)(H2,19,20,23). The molecule has 7 nitrogen and oxygen atoms in total. The second kappa shape index (κ2) is 7.77. The zero-order chi connectivity index (χ0) is 17.5. The Hall–Kier alpha value is -3.35. The van der Waals surface area contributed by atoms with Gasteiger partial charge in [-0.25, -0.2) is 9.59 Å². The number of benzene rings is 2. The first-order valence-corrected chi connectivity index (χ1v) is 7.12. The molecule has 0 aliphatic carbocycles. The maximum atomic E-state index is 12.0. The van der Waals surface area contributed by atoms with Crippen LogP contribution in [0.5, 0.6) is 0 Å². The number of esters is 1. The van der Waals surface area contributed by atoms with Crippen molar-refractivity contribution in [3.63, 3.8) is 0 Å². The summed E-state index contributed by atoms with van der Waals surface area (Å²) >= 11 is 0. The fourth-order valence-electron chi connectivity index (χ4n) is 2.01. The van der Waals surface area contributed by atoms with Gasteiger partial charge in [-0.1, -0.05) is 12.1 Å². The van der Waals surface area contributed by atoms with E-state index in [4.69, 9.17) is 0 Å². The number of carbonyl (C=O) groups excluding carboxylic acids is 3. The number of carbonyl (C=O) groups is 3. The quantitative estimate of drug-likeness (QED) is 0.752. The summed E-state index contributed by atoms with van der Waals surface area (Å²) in [5.74, 6) is -0.682. The average Bonchev–Trinajstić information content (AvgIpc) is 2.54. The van der Waals surface area contributed by atoms with Crippen LogP contribution in [0.4, 0.5) is 21.9 Å². The van der Waals surface area contributed by atoms with Gasteiger partial charge >= 0.3 is 12.0 Å². The van der Waals surface area contributed by atoms with Gasteiger partial charge in [0.1, 0.15) is 0 Å². The summed E-state index contributed by atoms with van der Waals surface area (Å²) in [5.41, 5.74) is 1.88. The normalized spacial score (nSPS) is 9.75. The molecule has 0 radical (unpaired) electrons. The molecule has 0 unspecified atom stereocenters. The van der Waals surface area contributed by atoms with E-state index in [0.29, 0.717) is 22.6 Å². The van der Waals surface area contributed by atoms with Crippen LogP contribution < -0.4 is 16.0 Å². The van der Waals surface area contributed by atoms with Crippen molar-refractivity contribution in [2.75, 3.05) is 23.1 Å². The minimum absolute atomic E-state index is 0.198. The first-order valence-electron chi connectivity index (χ1n) is 7.12. The van der Waals surface area contributed by atoms with Gasteiger partial charge in [0.25, 0.3) is 0 Å². The molecule has 3 amide bonds. The molecule has 0 atom stereocenters. The second-order valence-corrected chi connectivity index (χ2v) is 4.91. The zero-order valence-corrected chi connectivity index (χ0v) is 13.3. The molecule has 0 saturated heterocycles. The highest BCUT2D eigenvalue weighted by atomic mass is 16.5. The number of hydrogen-bond acceptors (Lipinski definition) is 4. The van der Waals surface area contributed by atoms with Crippen LogP contribution in [0.25, 0.3) is 0 Å². The maximum absolute atomic E-state index is 12.0. The first-order chi connectivity index (χ1) is 11.5. The largest absolute Gasteiger partial charge is 0.465 e. The molecule has 24 heavy (non-hydrogen) atoms. The number of amides is 3. The molecule has 0 bridgehead atoms. The maximum Gasteiger partial charge on any atom is 0.337 e. The minimum Gasteiger partial charge on any atom is -0.465 e. The Morgan fingerprint density at radius 3 is 1.96 bits per heavy atom. The monoisotopic (exact) mass is 327 g/mol. The SMILES string of the molecule is COC(=O)c1cccc(NC(=O)Nc2cccc(NC(C)=O)c2)c1. The van der Waals surface area contributed by atoms with Gasteiger partial charge in [0.2, 0.25) is 5.91 Å². The Bertz CT molecular complexity index is 774. The lowest BCUT2D eigenvalue weighted by atomic mass is 10.2. The van der Waals surface area contributed by atoms with Gasteiger partial charge in [-0.15, -0.1) is 0 Å². The Labute approximate surface area is 139 Å². The Kier molecular flexibility index (Phi) is 5.51. The molecule has 2 aromatic rings. The summed E-state index contributed by atoms with van der Waals surface area (Å²) < 4.78 is 4.63. The number of anilines is 3. The fourth-order valence-corrected chi connectivity index (χ4v) is 2.01. The summed E-state index contributed by atoms with van der Waals surface area (Å²) in [4.78, 5) is 34.6. The molecule has 2 aromatic carbocycles. The topological polar surface area (TPSA) is 96.5 Å². The molecule has 0 fully saturated rings. The van der Waals surface area contributed by atoms with Crippen LogP contribution in [0.2, 0.25) is 0 Å². The van der Waals surface area contributed by atoms with Crippen molar-refractivity contribution in [1.29, 1.82) is 0 Å². The number of hydrogen-bond donors (Lipinski definition) is 3. The van der Waals surface area contributed by atoms with Gasteiger partial charge in [-0.3, -0.25) is 4.79 Å². The van der Waals surface area contributed by atoms with Gasteiger partial charge < -0.3 is 20.7 Å². The van der Waals surface area contributed by atoms with Crippen LogP contribution in [-0.2, 0) is 9.53 Å². The van der Waals surface area contributed by atoms with Crippen molar-refractivity contribution in [2.45, 2.75) is 6.92 Å². The highest BCUT2D eigenvalue weighted by Crippen LogP contribution is 2.16. The van der Waals surface area contributed by atoms with E-state index < -0.39 is 12.0 Å². The molecule has 0 aromatic heterocycles. The molecule has 0 heterocycles. The van der Waals surface area contributed by atoms with Gasteiger partial charge in [0.05, 0.1) is 12.7 Å². The summed E-state index contributed by atoms with van der Waals surface area (Å²) in [7, 11) is 1.29. The highest BCUT2D eigenvalue weighted by Gasteiger charge is 2.08. The van der Waals surface area contributed by atoms with Crippen LogP contribution in [0.15, 0.2) is 48.5 Å². The molecular weight excluding hydrogens is 310 g/mol. The predicted octanol–water partition coefficient (Wildman–Crippen LogP) is 3.08. The van der Waals surface area contributed by atoms with Crippen LogP contribution in [0.1, 0.15) is 17.3 Å². The van der Waals surface area contributed by atoms with Crippen molar-refractivity contribution in [2.24, 2.45) is 0 Å². The third-order valence-corrected chi connectivity index (χ3v) is 2.98. The van der Waals surface area contributed by atoms with Crippen molar-refractivity contribution in [3.05, 3.63) is 54.1 Å². The predicted molar refractivity (Wildman–Crippen MR) is 91.2 cm³/mol. The lowest BCUT2D eigenvalue weighted by Gasteiger charge is -2.10. The van der Waals surface area contributed by atoms with Crippen LogP contribution in [0, 0.1) is 0 Å². The van der Waals surface area contributed by atoms with Crippen molar-refractivity contribution in [1.82, 2.24) is 0 Å². The molecule has 0 spiro atoms. The molecular formula is C17H17N3O4. The van der Waals surface area contributed by atoms with E-state index in [0.717, 1.165) is 0 Å². The minimum atomic E-state index is -0.484. The van der Waals surface area contributed by atoms with Crippen LogP contribution >= 0.6 is 0 Å². The smallest absolute Gasteiger partial charge is 0.337 e. The molecule has 2 rings (SSSR count). The third kappa shape index (κ3) is 4.84. The van der Waals surface area contributed by atoms with Crippen molar-refractivity contribution in [3.8, 4) is 0 Å². The second-order valence-electron chi connectivity index (χ2n) is 4.91. The van der Waals surface area contributed by atoms with E-state index in [1.54, 1.807) is 42.5 Å². The van der Waals surface area contributed by atoms with Crippen molar-refractivity contribution >= 4 is 35.0 Å². The summed E-state index contributed by atoms with van der Waals surface area (Å²) in [5, 5.41) is 7.91. The number of urea groups is 1. The summed E-state index contributed by atoms with van der Waals surface area (Å²) in [6.45, 7) is 1.40. The van der Waals surface area contributed by atoms with Gasteiger partial charge in [-0.2, -0.15) is 0 Å². The third-order valence-electron chi connectivity index (χ3n) is 2.98. The van der Waals surface area contributed by atoms with Gasteiger partial charge in [0, 0.05) is 24.0 Å². The van der Waals surface area contributed by atoms with Crippen LogP contribution in [0.3, 0.4) is 0 Å². The Morgan fingerprint density at radius 1 is 0.833 bits per heavy atom. The van der Waals surface area contributed by atoms with E-state index >= 15 is 0 Å². The fraction of sp³-hybridized carbons (Fsp3) is 0.118. The van der Waals surface area contributed by atoms with E-state index in [9.17, 15) is 14.4 Å². The number of methoxy groups -OCH3 is 1. The van der Waals surface area contributed by atoms with Crippen LogP contribution in [-0.4, -0.2) is 25.0 Å². The van der Waals surface area contributed by atoms with Gasteiger partial charge in [-0.05, 0) is 36.4 Å². The molecule has 0 saturated carbocycles. The number of ether oxygens (including phenoxy) is 1. The first kappa shape index (κ1) is 17.0. The molecule has 0 aliphatic heterocycles. The molecule has 124 valence electrons. The number of rotatable bonds is 4. The Morgan fingerprint density at radius 2 is 1.38 bits per heavy atom. The lowest BCUT2D eigenvalue weighted by Crippen LogP contribution is -2.19. The Balaban J connectivity index is 2.03. The summed E-state index contributed by atoms with van der Waals surface area (Å²) in [6, 6.07) is 12.7. The number of nitrogens with one attached hydrogen (secondary N) is 3. The molecule has 7 heteroatoms. The summed E-state index contributed by atoms with van der Waals surface area (Å²) in [6.07, 6.45) is 0. The average molecular weight is 327 g/mol. The van der Waals surface area contributed by atoms with E-state index in [-0.39, 0.29) is 5.91 Å².